The number of H-pyrrole nitrogens is 1. The molecule has 4 aromatic rings. The summed E-state index contributed by atoms with van der Waals surface area (Å²) in [5, 5.41) is 3.47. The smallest absolute Gasteiger partial charge is 0.305 e. The molecule has 3 amide bonds. The summed E-state index contributed by atoms with van der Waals surface area (Å²) in [5.41, 5.74) is 1.73. The summed E-state index contributed by atoms with van der Waals surface area (Å²) in [4.78, 5) is 57.7. The average molecular weight is 646 g/mol. The zero-order chi connectivity index (χ0) is 31.0. The first kappa shape index (κ1) is 28.2. The molecule has 4 aliphatic rings. The zero-order valence-corrected chi connectivity index (χ0v) is 25.1. The lowest BCUT2D eigenvalue weighted by Gasteiger charge is -2.43. The van der Waals surface area contributed by atoms with Crippen LogP contribution in [-0.4, -0.2) is 34.6 Å². The molecule has 0 unspecified atom stereocenters. The summed E-state index contributed by atoms with van der Waals surface area (Å²) in [6.45, 7) is -0.263. The van der Waals surface area contributed by atoms with Crippen LogP contribution in [0, 0.1) is 41.2 Å². The van der Waals surface area contributed by atoms with Crippen LogP contribution in [0.5, 0.6) is 5.75 Å². The highest BCUT2D eigenvalue weighted by molar-refractivity contribution is 8.00. The van der Waals surface area contributed by atoms with E-state index in [1.807, 2.05) is 18.2 Å². The number of ether oxygens (including phenoxy) is 1. The molecule has 1 saturated heterocycles. The van der Waals surface area contributed by atoms with E-state index in [9.17, 15) is 28.0 Å². The number of thiazole rings is 1. The van der Waals surface area contributed by atoms with E-state index in [0.717, 1.165) is 33.2 Å². The van der Waals surface area contributed by atoms with Gasteiger partial charge in [0.05, 0.1) is 22.5 Å². The van der Waals surface area contributed by atoms with Gasteiger partial charge in [-0.15, -0.1) is 11.8 Å². The van der Waals surface area contributed by atoms with Crippen molar-refractivity contribution in [3.05, 3.63) is 105 Å². The third-order valence-corrected chi connectivity index (χ3v) is 12.1. The summed E-state index contributed by atoms with van der Waals surface area (Å²) < 4.78 is 32.7. The molecule has 2 aliphatic carbocycles. The molecule has 12 heteroatoms. The predicted molar refractivity (Wildman–Crippen MR) is 164 cm³/mol. The Morgan fingerprint density at radius 1 is 0.933 bits per heavy atom. The van der Waals surface area contributed by atoms with E-state index in [1.165, 1.54) is 53.4 Å². The Hall–Kier alpha value is -4.29. The standard InChI is InChI=1S/C33H25F2N3O5S2/c34-16-4-8-18(9-5-16)36-23(39)14-43-20-3-1-2-15(12-20)24-25-21-13-22(28(25)44-30-29(24)45-33(42)37-30)27-26(21)31(40)38(32(27)41)19-10-6-17(35)7-11-19/h1-12,21-22,24-28H,13-14H2,(H,36,39)(H,37,42)/t21-,22-,24+,25-,26+,27+,28-/m1/s1. The Morgan fingerprint density at radius 2 is 1.62 bits per heavy atom. The molecule has 3 heterocycles. The number of hydrogen-bond acceptors (Lipinski definition) is 7. The topological polar surface area (TPSA) is 109 Å². The zero-order valence-electron chi connectivity index (χ0n) is 23.4. The molecule has 2 aliphatic heterocycles. The lowest BCUT2D eigenvalue weighted by atomic mass is 9.68. The van der Waals surface area contributed by atoms with E-state index < -0.39 is 29.4 Å². The highest BCUT2D eigenvalue weighted by Crippen LogP contribution is 2.68. The van der Waals surface area contributed by atoms with Crippen molar-refractivity contribution in [1.82, 2.24) is 4.98 Å². The highest BCUT2D eigenvalue weighted by Gasteiger charge is 2.69. The predicted octanol–water partition coefficient (Wildman–Crippen LogP) is 5.41. The molecule has 8 nitrogen and oxygen atoms in total. The number of benzene rings is 3. The van der Waals surface area contributed by atoms with Gasteiger partial charge in [-0.1, -0.05) is 23.5 Å². The minimum Gasteiger partial charge on any atom is -0.484 e. The van der Waals surface area contributed by atoms with Gasteiger partial charge in [0.1, 0.15) is 17.4 Å². The van der Waals surface area contributed by atoms with E-state index >= 15 is 0 Å². The van der Waals surface area contributed by atoms with Gasteiger partial charge in [0, 0.05) is 21.7 Å². The Kier molecular flexibility index (Phi) is 6.68. The number of nitrogens with zero attached hydrogens (tertiary/aromatic N) is 1. The molecule has 3 fully saturated rings. The minimum absolute atomic E-state index is 0.00924. The molecule has 2 bridgehead atoms. The Bertz CT molecular complexity index is 1910. The van der Waals surface area contributed by atoms with Gasteiger partial charge in [-0.25, -0.2) is 8.78 Å². The molecule has 228 valence electrons. The first-order valence-electron chi connectivity index (χ1n) is 14.6. The van der Waals surface area contributed by atoms with Crippen LogP contribution >= 0.6 is 23.1 Å². The quantitative estimate of drug-likeness (QED) is 0.272. The van der Waals surface area contributed by atoms with Gasteiger partial charge >= 0.3 is 4.87 Å². The SMILES string of the molecule is O=C(COc1cccc([C@@H]2c3sc(=O)[nH]c3S[C@@H]3[C@@H]4C[C@@H]([C@@H]5C(=O)N(c6ccc(F)cc6)C(=O)[C@@H]45)[C@H]23)c1)Nc1ccc(F)cc1. The van der Waals surface area contributed by atoms with Gasteiger partial charge in [0.25, 0.3) is 5.91 Å². The number of fused-ring (bicyclic) bond motifs is 9. The fourth-order valence-corrected chi connectivity index (χ4v) is 10.8. The molecule has 8 rings (SSSR count). The summed E-state index contributed by atoms with van der Waals surface area (Å²) in [6, 6.07) is 18.3. The highest BCUT2D eigenvalue weighted by atomic mass is 32.2. The Balaban J connectivity index is 1.08. The van der Waals surface area contributed by atoms with Crippen molar-refractivity contribution in [3.8, 4) is 5.75 Å². The summed E-state index contributed by atoms with van der Waals surface area (Å²) in [6.07, 6.45) is 0.738. The van der Waals surface area contributed by atoms with Gasteiger partial charge in [0.15, 0.2) is 6.61 Å². The number of amides is 3. The fourth-order valence-electron chi connectivity index (χ4n) is 7.91. The van der Waals surface area contributed by atoms with Crippen LogP contribution in [0.15, 0.2) is 82.6 Å². The third-order valence-electron chi connectivity index (χ3n) is 9.52. The molecule has 45 heavy (non-hydrogen) atoms. The molecule has 0 radical (unpaired) electrons. The van der Waals surface area contributed by atoms with Gasteiger partial charge < -0.3 is 15.0 Å². The second-order valence-corrected chi connectivity index (χ2v) is 14.1. The van der Waals surface area contributed by atoms with Crippen molar-refractivity contribution in [2.45, 2.75) is 22.6 Å². The van der Waals surface area contributed by atoms with Crippen molar-refractivity contribution in [2.75, 3.05) is 16.8 Å². The monoisotopic (exact) mass is 645 g/mol. The maximum Gasteiger partial charge on any atom is 0.305 e. The fraction of sp³-hybridized carbons (Fsp3) is 0.273. The number of hydrogen-bond donors (Lipinski definition) is 2. The number of aromatic nitrogens is 1. The first-order chi connectivity index (χ1) is 21.8. The van der Waals surface area contributed by atoms with Crippen LogP contribution in [-0.2, 0) is 14.4 Å². The van der Waals surface area contributed by atoms with Crippen molar-refractivity contribution < 1.29 is 27.9 Å². The number of rotatable bonds is 6. The second kappa shape index (κ2) is 10.7. The summed E-state index contributed by atoms with van der Waals surface area (Å²) >= 11 is 2.76. The Morgan fingerprint density at radius 3 is 2.36 bits per heavy atom. The number of aromatic amines is 1. The molecular formula is C33H25F2N3O5S2. The number of anilines is 2. The molecular weight excluding hydrogens is 621 g/mol. The summed E-state index contributed by atoms with van der Waals surface area (Å²) in [5.74, 6) is -2.56. The van der Waals surface area contributed by atoms with E-state index in [-0.39, 0.29) is 52.2 Å². The second-order valence-electron chi connectivity index (χ2n) is 11.9. The largest absolute Gasteiger partial charge is 0.484 e. The number of carbonyl (C=O) groups excluding carboxylic acids is 3. The van der Waals surface area contributed by atoms with Crippen LogP contribution in [0.25, 0.3) is 0 Å². The summed E-state index contributed by atoms with van der Waals surface area (Å²) in [7, 11) is 0. The van der Waals surface area contributed by atoms with Crippen LogP contribution in [0.1, 0.15) is 22.8 Å². The van der Waals surface area contributed by atoms with E-state index in [1.54, 1.807) is 17.8 Å². The minimum atomic E-state index is -0.483. The number of nitrogens with one attached hydrogen (secondary N) is 2. The van der Waals surface area contributed by atoms with Crippen molar-refractivity contribution >= 4 is 52.2 Å². The van der Waals surface area contributed by atoms with E-state index in [4.69, 9.17) is 4.74 Å². The van der Waals surface area contributed by atoms with Gasteiger partial charge in [-0.3, -0.25) is 24.1 Å². The maximum atomic E-state index is 13.9. The van der Waals surface area contributed by atoms with Crippen LogP contribution in [0.3, 0.4) is 0 Å². The molecule has 1 aromatic heterocycles. The molecule has 7 atom stereocenters. The van der Waals surface area contributed by atoms with Crippen molar-refractivity contribution in [3.63, 3.8) is 0 Å². The van der Waals surface area contributed by atoms with Crippen molar-refractivity contribution in [1.29, 1.82) is 0 Å². The van der Waals surface area contributed by atoms with Gasteiger partial charge in [0.2, 0.25) is 11.8 Å². The number of thioether (sulfide) groups is 1. The van der Waals surface area contributed by atoms with Crippen LogP contribution in [0.4, 0.5) is 20.2 Å². The first-order valence-corrected chi connectivity index (χ1v) is 16.3. The average Bonchev–Trinajstić information content (AvgIpc) is 3.77. The van der Waals surface area contributed by atoms with Crippen LogP contribution < -0.4 is 19.8 Å². The number of imide groups is 1. The molecule has 2 saturated carbocycles. The molecule has 2 N–H and O–H groups in total. The normalized spacial score (nSPS) is 27.7. The van der Waals surface area contributed by atoms with Crippen molar-refractivity contribution in [2.24, 2.45) is 29.6 Å². The third kappa shape index (κ3) is 4.61. The van der Waals surface area contributed by atoms with E-state index in [2.05, 4.69) is 10.3 Å². The lowest BCUT2D eigenvalue weighted by molar-refractivity contribution is -0.123. The molecule has 0 spiro atoms. The molecule has 3 aromatic carbocycles. The number of halogens is 2. The lowest BCUT2D eigenvalue weighted by Crippen LogP contribution is -2.42. The van der Waals surface area contributed by atoms with Gasteiger partial charge in [-0.2, -0.15) is 0 Å². The Labute approximate surface area is 263 Å². The number of carbonyl (C=O) groups is 3. The van der Waals surface area contributed by atoms with Gasteiger partial charge in [-0.05, 0) is 90.4 Å². The maximum absolute atomic E-state index is 13.9. The van der Waals surface area contributed by atoms with Crippen LogP contribution in [0.2, 0.25) is 0 Å². The van der Waals surface area contributed by atoms with E-state index in [0.29, 0.717) is 17.1 Å².